The first-order valence-corrected chi connectivity index (χ1v) is 9.46. The van der Waals surface area contributed by atoms with E-state index in [0.717, 1.165) is 35.6 Å². The number of nitrogens with one attached hydrogen (secondary N) is 1. The Morgan fingerprint density at radius 1 is 0.815 bits per heavy atom. The molecule has 0 radical (unpaired) electrons. The zero-order chi connectivity index (χ0) is 18.9. The molecular weight excluding hydrogens is 334 g/mol. The zero-order valence-corrected chi connectivity index (χ0v) is 15.7. The Bertz CT molecular complexity index is 840. The molecule has 0 heterocycles. The minimum atomic E-state index is -0.119. The highest BCUT2D eigenvalue weighted by atomic mass is 16.5. The molecule has 3 nitrogen and oxygen atoms in total. The van der Waals surface area contributed by atoms with Crippen LogP contribution in [0.15, 0.2) is 78.9 Å². The summed E-state index contributed by atoms with van der Waals surface area (Å²) in [5.41, 5.74) is 3.62. The van der Waals surface area contributed by atoms with Gasteiger partial charge >= 0.3 is 0 Å². The van der Waals surface area contributed by atoms with E-state index < -0.39 is 0 Å². The lowest BCUT2D eigenvalue weighted by Gasteiger charge is -2.09. The normalized spacial score (nSPS) is 10.4. The predicted octanol–water partition coefficient (Wildman–Crippen LogP) is 6.17. The van der Waals surface area contributed by atoms with Crippen LogP contribution >= 0.6 is 0 Å². The monoisotopic (exact) mass is 359 g/mol. The number of benzene rings is 3. The molecule has 27 heavy (non-hydrogen) atoms. The first kappa shape index (κ1) is 18.7. The molecule has 0 aliphatic heterocycles. The van der Waals surface area contributed by atoms with Gasteiger partial charge in [-0.1, -0.05) is 62.2 Å². The van der Waals surface area contributed by atoms with Crippen molar-refractivity contribution in [2.75, 3.05) is 11.9 Å². The number of anilines is 1. The molecule has 0 spiro atoms. The number of unbranched alkanes of at least 4 members (excludes halogenated alkanes) is 2. The highest BCUT2D eigenvalue weighted by molar-refractivity contribution is 6.04. The molecule has 0 aliphatic carbocycles. The van der Waals surface area contributed by atoms with Gasteiger partial charge in [-0.3, -0.25) is 4.79 Å². The van der Waals surface area contributed by atoms with Crippen LogP contribution in [-0.4, -0.2) is 12.5 Å². The second kappa shape index (κ2) is 9.58. The van der Waals surface area contributed by atoms with Crippen molar-refractivity contribution >= 4 is 11.6 Å². The van der Waals surface area contributed by atoms with Gasteiger partial charge in [-0.2, -0.15) is 0 Å². The van der Waals surface area contributed by atoms with Crippen molar-refractivity contribution in [1.29, 1.82) is 0 Å². The summed E-state index contributed by atoms with van der Waals surface area (Å²) in [7, 11) is 0. The number of hydrogen-bond acceptors (Lipinski definition) is 2. The van der Waals surface area contributed by atoms with Crippen LogP contribution in [0, 0.1) is 0 Å². The molecule has 3 rings (SSSR count). The van der Waals surface area contributed by atoms with E-state index in [1.807, 2.05) is 66.7 Å². The molecule has 0 bridgehead atoms. The number of rotatable bonds is 8. The third kappa shape index (κ3) is 5.45. The van der Waals surface area contributed by atoms with E-state index in [2.05, 4.69) is 24.4 Å². The summed E-state index contributed by atoms with van der Waals surface area (Å²) in [5, 5.41) is 2.93. The molecule has 3 heteroatoms. The molecule has 0 saturated heterocycles. The largest absolute Gasteiger partial charge is 0.494 e. The smallest absolute Gasteiger partial charge is 0.255 e. The minimum Gasteiger partial charge on any atom is -0.494 e. The van der Waals surface area contributed by atoms with Crippen molar-refractivity contribution in [2.24, 2.45) is 0 Å². The fourth-order valence-electron chi connectivity index (χ4n) is 2.82. The maximum atomic E-state index is 12.4. The van der Waals surface area contributed by atoms with Crippen LogP contribution in [-0.2, 0) is 0 Å². The van der Waals surface area contributed by atoms with E-state index in [1.54, 1.807) is 0 Å². The van der Waals surface area contributed by atoms with Crippen LogP contribution in [0.25, 0.3) is 11.1 Å². The summed E-state index contributed by atoms with van der Waals surface area (Å²) in [4.78, 5) is 12.4. The highest BCUT2D eigenvalue weighted by Gasteiger charge is 2.07. The number of carbonyl (C=O) groups is 1. The quantitative estimate of drug-likeness (QED) is 0.488. The van der Waals surface area contributed by atoms with E-state index >= 15 is 0 Å². The molecule has 3 aromatic rings. The Morgan fingerprint density at radius 3 is 2.15 bits per heavy atom. The average Bonchev–Trinajstić information content (AvgIpc) is 2.73. The Labute approximate surface area is 161 Å². The average molecular weight is 359 g/mol. The van der Waals surface area contributed by atoms with Gasteiger partial charge in [0.2, 0.25) is 0 Å². The van der Waals surface area contributed by atoms with Gasteiger partial charge in [0.05, 0.1) is 6.61 Å². The highest BCUT2D eigenvalue weighted by Crippen LogP contribution is 2.20. The van der Waals surface area contributed by atoms with Crippen LogP contribution in [0.3, 0.4) is 0 Å². The SMILES string of the molecule is CCCCCOc1ccc(NC(=O)c2ccc(-c3ccccc3)cc2)cc1. The maximum Gasteiger partial charge on any atom is 0.255 e. The van der Waals surface area contributed by atoms with Crippen molar-refractivity contribution < 1.29 is 9.53 Å². The second-order valence-electron chi connectivity index (χ2n) is 6.48. The third-order valence-corrected chi connectivity index (χ3v) is 4.38. The first-order valence-electron chi connectivity index (χ1n) is 9.46. The van der Waals surface area contributed by atoms with Gasteiger partial charge in [0.15, 0.2) is 0 Å². The number of amides is 1. The maximum absolute atomic E-state index is 12.4. The molecule has 0 saturated carbocycles. The Morgan fingerprint density at radius 2 is 1.48 bits per heavy atom. The van der Waals surface area contributed by atoms with Crippen LogP contribution in [0.2, 0.25) is 0 Å². The lowest BCUT2D eigenvalue weighted by Crippen LogP contribution is -2.11. The summed E-state index contributed by atoms with van der Waals surface area (Å²) < 4.78 is 5.70. The molecule has 1 amide bonds. The summed E-state index contributed by atoms with van der Waals surface area (Å²) >= 11 is 0. The van der Waals surface area contributed by atoms with Gasteiger partial charge < -0.3 is 10.1 Å². The van der Waals surface area contributed by atoms with E-state index in [0.29, 0.717) is 5.56 Å². The predicted molar refractivity (Wildman–Crippen MR) is 111 cm³/mol. The number of carbonyl (C=O) groups excluding carboxylic acids is 1. The van der Waals surface area contributed by atoms with Gasteiger partial charge in [-0.15, -0.1) is 0 Å². The van der Waals surface area contributed by atoms with Crippen LogP contribution < -0.4 is 10.1 Å². The van der Waals surface area contributed by atoms with E-state index in [-0.39, 0.29) is 5.91 Å². The molecule has 0 aliphatic rings. The minimum absolute atomic E-state index is 0.119. The van der Waals surface area contributed by atoms with Gasteiger partial charge in [-0.25, -0.2) is 0 Å². The number of ether oxygens (including phenoxy) is 1. The summed E-state index contributed by atoms with van der Waals surface area (Å²) in [6, 6.07) is 25.3. The third-order valence-electron chi connectivity index (χ3n) is 4.38. The lowest BCUT2D eigenvalue weighted by molar-refractivity contribution is 0.102. The lowest BCUT2D eigenvalue weighted by atomic mass is 10.0. The van der Waals surface area contributed by atoms with Gasteiger partial charge in [0.1, 0.15) is 5.75 Å². The summed E-state index contributed by atoms with van der Waals surface area (Å²) in [6.45, 7) is 2.90. The van der Waals surface area contributed by atoms with Crippen molar-refractivity contribution in [3.63, 3.8) is 0 Å². The van der Waals surface area contributed by atoms with E-state index in [4.69, 9.17) is 4.74 Å². The topological polar surface area (TPSA) is 38.3 Å². The first-order chi connectivity index (χ1) is 13.3. The molecule has 0 unspecified atom stereocenters. The molecule has 1 N–H and O–H groups in total. The Kier molecular flexibility index (Phi) is 6.64. The standard InChI is InChI=1S/C24H25NO2/c1-2-3-7-18-27-23-16-14-22(15-17-23)25-24(26)21-12-10-20(11-13-21)19-8-5-4-6-9-19/h4-6,8-17H,2-3,7,18H2,1H3,(H,25,26). The Balaban J connectivity index is 1.57. The Hall–Kier alpha value is -3.07. The van der Waals surface area contributed by atoms with Crippen LogP contribution in [0.4, 0.5) is 5.69 Å². The van der Waals surface area contributed by atoms with Crippen LogP contribution in [0.5, 0.6) is 5.75 Å². The van der Waals surface area contributed by atoms with Crippen molar-refractivity contribution in [2.45, 2.75) is 26.2 Å². The number of hydrogen-bond donors (Lipinski definition) is 1. The van der Waals surface area contributed by atoms with Gasteiger partial charge in [0.25, 0.3) is 5.91 Å². The van der Waals surface area contributed by atoms with Crippen LogP contribution in [0.1, 0.15) is 36.5 Å². The molecule has 0 atom stereocenters. The molecule has 138 valence electrons. The van der Waals surface area contributed by atoms with Gasteiger partial charge in [0, 0.05) is 11.3 Å². The molecule has 0 aromatic heterocycles. The van der Waals surface area contributed by atoms with Crippen molar-refractivity contribution in [1.82, 2.24) is 0 Å². The zero-order valence-electron chi connectivity index (χ0n) is 15.7. The van der Waals surface area contributed by atoms with Gasteiger partial charge in [-0.05, 0) is 53.9 Å². The summed E-state index contributed by atoms with van der Waals surface area (Å²) in [5.74, 6) is 0.711. The second-order valence-corrected chi connectivity index (χ2v) is 6.48. The van der Waals surface area contributed by atoms with Crippen molar-refractivity contribution in [3.8, 4) is 16.9 Å². The van der Waals surface area contributed by atoms with E-state index in [1.165, 1.54) is 12.8 Å². The van der Waals surface area contributed by atoms with Crippen molar-refractivity contribution in [3.05, 3.63) is 84.4 Å². The fraction of sp³-hybridized carbons (Fsp3) is 0.208. The molecule has 0 fully saturated rings. The summed E-state index contributed by atoms with van der Waals surface area (Å²) in [6.07, 6.45) is 3.42. The molecule has 3 aromatic carbocycles. The van der Waals surface area contributed by atoms with E-state index in [9.17, 15) is 4.79 Å². The fourth-order valence-corrected chi connectivity index (χ4v) is 2.82. The molecular formula is C24H25NO2.